The van der Waals surface area contributed by atoms with Crippen LogP contribution in [0.3, 0.4) is 0 Å². The highest BCUT2D eigenvalue weighted by Crippen LogP contribution is 2.39. The predicted molar refractivity (Wildman–Crippen MR) is 235 cm³/mol. The molecule has 63 heavy (non-hydrogen) atoms. The van der Waals surface area contributed by atoms with E-state index in [2.05, 4.69) is 37.1 Å². The number of aromatic nitrogens is 1. The fraction of sp³-hybridized carbons (Fsp3) is 0.320. The predicted octanol–water partition coefficient (Wildman–Crippen LogP) is 12.7. The minimum absolute atomic E-state index is 0.0570. The van der Waals surface area contributed by atoms with E-state index in [1.807, 2.05) is 30.5 Å². The molecule has 10 rings (SSSR count). The van der Waals surface area contributed by atoms with Crippen LogP contribution in [0.15, 0.2) is 109 Å². The summed E-state index contributed by atoms with van der Waals surface area (Å²) in [5, 5.41) is 4.12. The summed E-state index contributed by atoms with van der Waals surface area (Å²) in [6.07, 6.45) is 6.71. The lowest BCUT2D eigenvalue weighted by Crippen LogP contribution is -2.38. The standard InChI is InChI=1S/C26H24F3NOS.C24H21F3N2O2/c27-26(28,29)20-5-3-4-18(14-20)25(31)19-8-10-24-22(15-19)23(16-32-24)17-7-9-21-6-1-2-12-30(21)13-11-17;25-24(26,27)31-19-5-1-3-16(12-19)23(30)17-6-7-22-20(13-17)21(14-28-22)15-8-10-29-9-2-4-18(29)11-15/h3-5,8,10-11,14-16,21H,1-2,6-7,9,12-13H2;1,3,5-8,12-14,18,28H,2,4,9-11H2. The fourth-order valence-electron chi connectivity index (χ4n) is 9.63. The average Bonchev–Trinajstić information content (AvgIpc) is 4.00. The summed E-state index contributed by atoms with van der Waals surface area (Å²) in [7, 11) is 0. The van der Waals surface area contributed by atoms with Crippen LogP contribution >= 0.6 is 11.3 Å². The van der Waals surface area contributed by atoms with Crippen molar-refractivity contribution in [3.05, 3.63) is 148 Å². The van der Waals surface area contributed by atoms with E-state index in [1.165, 1.54) is 73.6 Å². The molecule has 0 amide bonds. The van der Waals surface area contributed by atoms with Gasteiger partial charge in [-0.15, -0.1) is 24.5 Å². The molecule has 4 aliphatic heterocycles. The Kier molecular flexibility index (Phi) is 11.9. The molecule has 2 atom stereocenters. The van der Waals surface area contributed by atoms with Gasteiger partial charge in [0.2, 0.25) is 0 Å². The van der Waals surface area contributed by atoms with Crippen LogP contribution in [-0.4, -0.2) is 71.0 Å². The van der Waals surface area contributed by atoms with Crippen LogP contribution in [0, 0.1) is 0 Å². The summed E-state index contributed by atoms with van der Waals surface area (Å²) in [4.78, 5) is 34.4. The largest absolute Gasteiger partial charge is 0.573 e. The molecule has 6 heterocycles. The second kappa shape index (κ2) is 17.6. The van der Waals surface area contributed by atoms with Gasteiger partial charge in [-0.05, 0) is 141 Å². The third-order valence-electron chi connectivity index (χ3n) is 12.8. The van der Waals surface area contributed by atoms with Crippen LogP contribution in [0.25, 0.3) is 32.1 Å². The summed E-state index contributed by atoms with van der Waals surface area (Å²) in [6.45, 7) is 4.21. The lowest BCUT2D eigenvalue weighted by molar-refractivity contribution is -0.274. The van der Waals surface area contributed by atoms with Crippen molar-refractivity contribution in [2.75, 3.05) is 26.2 Å². The molecule has 0 spiro atoms. The van der Waals surface area contributed by atoms with Gasteiger partial charge in [0.15, 0.2) is 11.6 Å². The van der Waals surface area contributed by atoms with Gasteiger partial charge in [0, 0.05) is 80.2 Å². The number of alkyl halides is 6. The number of thiophene rings is 1. The highest BCUT2D eigenvalue weighted by Gasteiger charge is 2.33. The number of benzene rings is 4. The fourth-order valence-corrected chi connectivity index (χ4v) is 10.6. The van der Waals surface area contributed by atoms with Crippen molar-refractivity contribution in [1.82, 2.24) is 14.8 Å². The number of nitrogens with one attached hydrogen (secondary N) is 1. The summed E-state index contributed by atoms with van der Waals surface area (Å²) in [6, 6.07) is 21.9. The van der Waals surface area contributed by atoms with Gasteiger partial charge in [-0.3, -0.25) is 19.4 Å². The molecule has 4 aliphatic rings. The van der Waals surface area contributed by atoms with Crippen molar-refractivity contribution < 1.29 is 40.7 Å². The maximum Gasteiger partial charge on any atom is 0.573 e. The highest BCUT2D eigenvalue weighted by atomic mass is 32.1. The molecular weight excluding hydrogens is 837 g/mol. The van der Waals surface area contributed by atoms with Crippen LogP contribution < -0.4 is 4.74 Å². The third-order valence-corrected chi connectivity index (χ3v) is 13.8. The highest BCUT2D eigenvalue weighted by molar-refractivity contribution is 7.17. The number of fused-ring (bicyclic) bond motifs is 4. The number of hydrogen-bond donors (Lipinski definition) is 1. The number of carbonyl (C=O) groups is 2. The van der Waals surface area contributed by atoms with Crippen LogP contribution in [0.1, 0.15) is 99.9 Å². The summed E-state index contributed by atoms with van der Waals surface area (Å²) < 4.78 is 81.8. The first-order valence-corrected chi connectivity index (χ1v) is 22.3. The molecule has 2 aromatic heterocycles. The van der Waals surface area contributed by atoms with Crippen LogP contribution in [0.2, 0.25) is 0 Å². The molecule has 4 aromatic carbocycles. The Hall–Kier alpha value is -5.50. The number of ketones is 2. The van der Waals surface area contributed by atoms with Gasteiger partial charge in [0.05, 0.1) is 5.56 Å². The van der Waals surface area contributed by atoms with Crippen LogP contribution in [0.5, 0.6) is 5.75 Å². The first-order valence-electron chi connectivity index (χ1n) is 21.4. The van der Waals surface area contributed by atoms with Gasteiger partial charge in [0.1, 0.15) is 5.75 Å². The Morgan fingerprint density at radius 2 is 1.33 bits per heavy atom. The SMILES string of the molecule is O=C(c1cccc(C(F)(F)F)c1)c1ccc2scc(C3=CCN4CCCCC4CC3)c2c1.O=C(c1cccc(OC(F)(F)F)c1)c1ccc2[nH]cc(C3=CCN4CCCC4C3)c2c1. The minimum Gasteiger partial charge on any atom is -0.406 e. The molecule has 6 nitrogen and oxygen atoms in total. The topological polar surface area (TPSA) is 65.6 Å². The summed E-state index contributed by atoms with van der Waals surface area (Å²) in [5.41, 5.74) is 6.01. The van der Waals surface area contributed by atoms with Crippen LogP contribution in [0.4, 0.5) is 26.3 Å². The number of nitrogens with zero attached hydrogens (tertiary/aromatic N) is 2. The van der Waals surface area contributed by atoms with E-state index in [4.69, 9.17) is 0 Å². The molecule has 0 aliphatic carbocycles. The number of carbonyl (C=O) groups excluding carboxylic acids is 2. The number of piperidine rings is 1. The van der Waals surface area contributed by atoms with E-state index >= 15 is 0 Å². The lowest BCUT2D eigenvalue weighted by Gasteiger charge is -2.33. The van der Waals surface area contributed by atoms with Crippen molar-refractivity contribution in [2.24, 2.45) is 0 Å². The van der Waals surface area contributed by atoms with Gasteiger partial charge < -0.3 is 9.72 Å². The molecule has 2 fully saturated rings. The number of H-pyrrole nitrogens is 1. The maximum absolute atomic E-state index is 13.1. The Morgan fingerprint density at radius 3 is 2.11 bits per heavy atom. The third kappa shape index (κ3) is 9.42. The molecule has 0 radical (unpaired) electrons. The van der Waals surface area contributed by atoms with Crippen molar-refractivity contribution in [3.8, 4) is 5.75 Å². The molecule has 0 bridgehead atoms. The Balaban J connectivity index is 0.000000160. The first-order chi connectivity index (χ1) is 30.3. The van der Waals surface area contributed by atoms with Gasteiger partial charge >= 0.3 is 12.5 Å². The second-order valence-corrected chi connectivity index (χ2v) is 17.7. The monoisotopic (exact) mass is 881 g/mol. The lowest BCUT2D eigenvalue weighted by atomic mass is 9.93. The molecule has 1 N–H and O–H groups in total. The van der Waals surface area contributed by atoms with Crippen molar-refractivity contribution in [3.63, 3.8) is 0 Å². The number of ether oxygens (including phenoxy) is 1. The van der Waals surface area contributed by atoms with Crippen molar-refractivity contribution >= 4 is 55.0 Å². The van der Waals surface area contributed by atoms with Gasteiger partial charge in [-0.25, -0.2) is 0 Å². The Labute approximate surface area is 364 Å². The van der Waals surface area contributed by atoms with Crippen molar-refractivity contribution in [2.45, 2.75) is 76.0 Å². The summed E-state index contributed by atoms with van der Waals surface area (Å²) in [5.74, 6) is -1.14. The minimum atomic E-state index is -4.80. The molecule has 2 saturated heterocycles. The first kappa shape index (κ1) is 42.8. The Bertz CT molecular complexity index is 2750. The molecule has 2 unspecified atom stereocenters. The molecule has 0 saturated carbocycles. The second-order valence-electron chi connectivity index (χ2n) is 16.8. The molecule has 326 valence electrons. The van der Waals surface area contributed by atoms with E-state index in [0.29, 0.717) is 23.2 Å². The van der Waals surface area contributed by atoms with Gasteiger partial charge in [-0.2, -0.15) is 13.2 Å². The zero-order valence-corrected chi connectivity index (χ0v) is 35.1. The van der Waals surface area contributed by atoms with Crippen molar-refractivity contribution in [1.29, 1.82) is 0 Å². The van der Waals surface area contributed by atoms with Gasteiger partial charge in [-0.1, -0.05) is 42.8 Å². The van der Waals surface area contributed by atoms with E-state index in [-0.39, 0.29) is 22.7 Å². The van der Waals surface area contributed by atoms with E-state index in [9.17, 15) is 35.9 Å². The van der Waals surface area contributed by atoms with E-state index < -0.39 is 23.9 Å². The van der Waals surface area contributed by atoms with E-state index in [1.54, 1.807) is 23.5 Å². The number of hydrogen-bond acceptors (Lipinski definition) is 6. The van der Waals surface area contributed by atoms with Crippen LogP contribution in [-0.2, 0) is 6.18 Å². The zero-order chi connectivity index (χ0) is 43.9. The number of rotatable bonds is 7. The molecule has 13 heteroatoms. The number of allylic oxidation sites excluding steroid dienone is 1. The normalized spacial score (nSPS) is 19.7. The zero-order valence-electron chi connectivity index (χ0n) is 34.3. The number of aromatic amines is 1. The number of halogens is 6. The van der Waals surface area contributed by atoms with Gasteiger partial charge in [0.25, 0.3) is 0 Å². The average molecular weight is 882 g/mol. The van der Waals surface area contributed by atoms with E-state index in [0.717, 1.165) is 95.8 Å². The maximum atomic E-state index is 13.1. The smallest absolute Gasteiger partial charge is 0.406 e. The quantitative estimate of drug-likeness (QED) is 0.128. The Morgan fingerprint density at radius 1 is 0.667 bits per heavy atom. The summed E-state index contributed by atoms with van der Waals surface area (Å²) >= 11 is 1.65. The molecular formula is C50H45F6N3O3S. The molecule has 6 aromatic rings.